The van der Waals surface area contributed by atoms with Gasteiger partial charge in [-0.15, -0.1) is 0 Å². The summed E-state index contributed by atoms with van der Waals surface area (Å²) >= 11 is 0. The van der Waals surface area contributed by atoms with Crippen LogP contribution < -0.4 is 4.72 Å². The number of unbranched alkanes of at least 4 members (excludes halogenated alkanes) is 1. The molecule has 0 saturated carbocycles. The maximum atomic E-state index is 12.3. The van der Waals surface area contributed by atoms with Gasteiger partial charge in [-0.05, 0) is 43.7 Å². The molecule has 1 atom stereocenters. The van der Waals surface area contributed by atoms with E-state index >= 15 is 0 Å². The lowest BCUT2D eigenvalue weighted by Gasteiger charge is -2.27. The third-order valence-electron chi connectivity index (χ3n) is 5.78. The fraction of sp³-hybridized carbons (Fsp3) is 0.500. The molecular formula is C24H33N3O5S. The zero-order valence-electron chi connectivity index (χ0n) is 19.2. The maximum absolute atomic E-state index is 12.3. The fourth-order valence-corrected chi connectivity index (χ4v) is 5.32. The van der Waals surface area contributed by atoms with Crippen LogP contribution in [0.2, 0.25) is 0 Å². The molecular weight excluding hydrogens is 442 g/mol. The molecule has 180 valence electrons. The number of hydrogen-bond acceptors (Lipinski definition) is 6. The molecule has 0 bridgehead atoms. The summed E-state index contributed by atoms with van der Waals surface area (Å²) in [6, 6.07) is 6.88. The molecule has 2 aromatic rings. The predicted octanol–water partition coefficient (Wildman–Crippen LogP) is 3.01. The molecule has 0 radical (unpaired) electrons. The molecule has 1 aromatic heterocycles. The van der Waals surface area contributed by atoms with Crippen LogP contribution in [0.1, 0.15) is 44.9 Å². The van der Waals surface area contributed by atoms with Crippen molar-refractivity contribution in [3.63, 3.8) is 0 Å². The number of aryl methyl sites for hydroxylation is 1. The van der Waals surface area contributed by atoms with Crippen LogP contribution in [0.15, 0.2) is 48.6 Å². The summed E-state index contributed by atoms with van der Waals surface area (Å²) in [6.45, 7) is 1.91. The Bertz CT molecular complexity index is 1060. The monoisotopic (exact) mass is 475 g/mol. The number of nitrogens with zero attached hydrogens (tertiary/aromatic N) is 1. The smallest absolute Gasteiger partial charge is 0.323 e. The lowest BCUT2D eigenvalue weighted by molar-refractivity contribution is -0.142. The van der Waals surface area contributed by atoms with Crippen molar-refractivity contribution in [2.45, 2.75) is 57.1 Å². The van der Waals surface area contributed by atoms with Gasteiger partial charge in [-0.2, -0.15) is 0 Å². The number of methoxy groups -OCH3 is 1. The number of rotatable bonds is 12. The van der Waals surface area contributed by atoms with Crippen LogP contribution in [0.4, 0.5) is 0 Å². The number of sulfonamides is 1. The number of carbonyl (C=O) groups is 1. The summed E-state index contributed by atoms with van der Waals surface area (Å²) in [5, 5.41) is 10.9. The predicted molar refractivity (Wildman–Crippen MR) is 128 cm³/mol. The molecule has 0 fully saturated rings. The lowest BCUT2D eigenvalue weighted by atomic mass is 9.86. The second-order valence-corrected chi connectivity index (χ2v) is 10.4. The van der Waals surface area contributed by atoms with Crippen LogP contribution >= 0.6 is 0 Å². The number of aromatic nitrogens is 2. The molecule has 3 N–H and O–H groups in total. The number of aliphatic hydroxyl groups is 1. The van der Waals surface area contributed by atoms with E-state index in [0.717, 1.165) is 29.7 Å². The van der Waals surface area contributed by atoms with Gasteiger partial charge in [0.2, 0.25) is 10.0 Å². The average Bonchev–Trinajstić information content (AvgIpc) is 3.21. The number of aromatic amines is 1. The number of hydrogen-bond donors (Lipinski definition) is 3. The molecule has 0 amide bonds. The first-order valence-electron chi connectivity index (χ1n) is 11.4. The van der Waals surface area contributed by atoms with Crippen molar-refractivity contribution in [3.05, 3.63) is 54.4 Å². The Labute approximate surface area is 195 Å². The molecule has 1 aromatic carbocycles. The van der Waals surface area contributed by atoms with Gasteiger partial charge in [0.05, 0.1) is 23.9 Å². The number of para-hydroxylation sites is 2. The number of imidazole rings is 1. The average molecular weight is 476 g/mol. The van der Waals surface area contributed by atoms with Crippen molar-refractivity contribution < 1.29 is 23.1 Å². The minimum Gasteiger partial charge on any atom is -0.468 e. The van der Waals surface area contributed by atoms with Gasteiger partial charge in [-0.1, -0.05) is 49.8 Å². The lowest BCUT2D eigenvalue weighted by Crippen LogP contribution is -2.43. The molecule has 3 rings (SSSR count). The first kappa shape index (κ1) is 25.1. The number of fused-ring (bicyclic) bond motifs is 1. The van der Waals surface area contributed by atoms with E-state index in [1.807, 2.05) is 43.3 Å². The highest BCUT2D eigenvalue weighted by Crippen LogP contribution is 2.27. The van der Waals surface area contributed by atoms with Gasteiger partial charge in [0.1, 0.15) is 17.5 Å². The van der Waals surface area contributed by atoms with Crippen molar-refractivity contribution in [3.8, 4) is 0 Å². The quantitative estimate of drug-likeness (QED) is 0.320. The van der Waals surface area contributed by atoms with Gasteiger partial charge in [0.15, 0.2) is 0 Å². The zero-order chi connectivity index (χ0) is 23.9. The van der Waals surface area contributed by atoms with Gasteiger partial charge < -0.3 is 14.8 Å². The SMILES string of the molecule is CCCCS(=O)(=O)N[C@@H](CC1C=CC(O)(CCCc2nc3ccccc3[nH]2)C=C1)C(=O)OC. The van der Waals surface area contributed by atoms with Crippen LogP contribution in [0.25, 0.3) is 11.0 Å². The van der Waals surface area contributed by atoms with E-state index in [2.05, 4.69) is 14.7 Å². The first-order chi connectivity index (χ1) is 15.7. The molecule has 8 nitrogen and oxygen atoms in total. The van der Waals surface area contributed by atoms with E-state index in [1.165, 1.54) is 7.11 Å². The minimum atomic E-state index is -3.58. The summed E-state index contributed by atoms with van der Waals surface area (Å²) in [4.78, 5) is 20.0. The van der Waals surface area contributed by atoms with Crippen molar-refractivity contribution in [2.75, 3.05) is 12.9 Å². The van der Waals surface area contributed by atoms with E-state index in [0.29, 0.717) is 19.3 Å². The van der Waals surface area contributed by atoms with E-state index in [4.69, 9.17) is 4.74 Å². The Hall–Kier alpha value is -2.49. The number of nitrogens with one attached hydrogen (secondary N) is 2. The highest BCUT2D eigenvalue weighted by atomic mass is 32.2. The number of H-pyrrole nitrogens is 1. The Morgan fingerprint density at radius 2 is 2.00 bits per heavy atom. The highest BCUT2D eigenvalue weighted by Gasteiger charge is 2.29. The van der Waals surface area contributed by atoms with Gasteiger partial charge in [-0.25, -0.2) is 18.1 Å². The van der Waals surface area contributed by atoms with Crippen LogP contribution in [-0.2, 0) is 26.0 Å². The Morgan fingerprint density at radius 1 is 1.27 bits per heavy atom. The Kier molecular flexibility index (Phi) is 8.45. The molecule has 0 aliphatic heterocycles. The first-order valence-corrected chi connectivity index (χ1v) is 13.0. The molecule has 1 aliphatic carbocycles. The second-order valence-electron chi connectivity index (χ2n) is 8.53. The van der Waals surface area contributed by atoms with Crippen molar-refractivity contribution in [1.82, 2.24) is 14.7 Å². The van der Waals surface area contributed by atoms with E-state index in [9.17, 15) is 18.3 Å². The van der Waals surface area contributed by atoms with Gasteiger partial charge in [-0.3, -0.25) is 4.79 Å². The summed E-state index contributed by atoms with van der Waals surface area (Å²) in [5.41, 5.74) is 0.846. The molecule has 0 spiro atoms. The number of ether oxygens (including phenoxy) is 1. The molecule has 33 heavy (non-hydrogen) atoms. The molecule has 1 aliphatic rings. The standard InChI is InChI=1S/C24H33N3O5S/c1-3-4-16-33(30,31)27-21(23(28)32-2)17-18-11-14-24(29,15-12-18)13-7-10-22-25-19-8-5-6-9-20(19)26-22/h5-6,8-9,11-12,14-15,18,21,27,29H,3-4,7,10,13,16-17H2,1-2H3,(H,25,26)/t18?,21-,24?/m0/s1. The summed E-state index contributed by atoms with van der Waals surface area (Å²) in [7, 11) is -2.34. The van der Waals surface area contributed by atoms with E-state index in [1.54, 1.807) is 12.2 Å². The summed E-state index contributed by atoms with van der Waals surface area (Å²) in [5.74, 6) is 0.0399. The minimum absolute atomic E-state index is 0.0294. The van der Waals surface area contributed by atoms with Crippen LogP contribution in [0.3, 0.4) is 0 Å². The number of benzene rings is 1. The summed E-state index contributed by atoms with van der Waals surface area (Å²) in [6.07, 6.45) is 10.5. The van der Waals surface area contributed by atoms with Crippen LogP contribution in [0.5, 0.6) is 0 Å². The van der Waals surface area contributed by atoms with E-state index in [-0.39, 0.29) is 18.1 Å². The van der Waals surface area contributed by atoms with Crippen LogP contribution in [0, 0.1) is 5.92 Å². The molecule has 1 heterocycles. The third kappa shape index (κ3) is 7.25. The van der Waals surface area contributed by atoms with Gasteiger partial charge >= 0.3 is 5.97 Å². The second kappa shape index (κ2) is 11.1. The summed E-state index contributed by atoms with van der Waals surface area (Å²) < 4.78 is 31.8. The van der Waals surface area contributed by atoms with Crippen molar-refractivity contribution in [2.24, 2.45) is 5.92 Å². The van der Waals surface area contributed by atoms with Gasteiger partial charge in [0, 0.05) is 6.42 Å². The maximum Gasteiger partial charge on any atom is 0.323 e. The fourth-order valence-electron chi connectivity index (χ4n) is 3.90. The molecule has 0 saturated heterocycles. The molecule has 9 heteroatoms. The topological polar surface area (TPSA) is 121 Å². The van der Waals surface area contributed by atoms with Crippen molar-refractivity contribution >= 4 is 27.0 Å². The normalized spacial score (nSPS) is 21.4. The van der Waals surface area contributed by atoms with Gasteiger partial charge in [0.25, 0.3) is 0 Å². The molecule has 0 unspecified atom stereocenters. The number of esters is 1. The number of allylic oxidation sites excluding steroid dienone is 2. The van der Waals surface area contributed by atoms with Crippen molar-refractivity contribution in [1.29, 1.82) is 0 Å². The Balaban J connectivity index is 1.54. The van der Waals surface area contributed by atoms with E-state index < -0.39 is 27.6 Å². The van der Waals surface area contributed by atoms with Crippen LogP contribution in [-0.4, -0.2) is 54.0 Å². The Morgan fingerprint density at radius 3 is 2.67 bits per heavy atom. The zero-order valence-corrected chi connectivity index (χ0v) is 20.0. The number of carbonyl (C=O) groups excluding carboxylic acids is 1. The highest BCUT2D eigenvalue weighted by molar-refractivity contribution is 7.89. The largest absolute Gasteiger partial charge is 0.468 e. The third-order valence-corrected chi connectivity index (χ3v) is 7.25.